The number of methoxy groups -OCH3 is 1. The monoisotopic (exact) mass is 548 g/mol. The van der Waals surface area contributed by atoms with E-state index in [2.05, 4.69) is 27.3 Å². The van der Waals surface area contributed by atoms with Gasteiger partial charge in [-0.3, -0.25) is 19.2 Å². The van der Waals surface area contributed by atoms with Gasteiger partial charge in [0.15, 0.2) is 0 Å². The summed E-state index contributed by atoms with van der Waals surface area (Å²) in [5.41, 5.74) is 3.11. The smallest absolute Gasteiger partial charge is 0.307 e. The molecule has 200 valence electrons. The van der Waals surface area contributed by atoms with E-state index in [1.54, 1.807) is 19.2 Å². The zero-order valence-corrected chi connectivity index (χ0v) is 22.9. The van der Waals surface area contributed by atoms with Gasteiger partial charge in [-0.15, -0.1) is 11.3 Å². The van der Waals surface area contributed by atoms with Crippen molar-refractivity contribution in [3.8, 4) is 0 Å². The molecule has 2 N–H and O–H groups in total. The number of nitrogens with one attached hydrogen (secondary N) is 2. The molecule has 3 amide bonds. The largest absolute Gasteiger partial charge is 0.469 e. The zero-order chi connectivity index (χ0) is 26.9. The number of rotatable bonds is 10. The van der Waals surface area contributed by atoms with E-state index in [4.69, 9.17) is 11.6 Å². The predicted molar refractivity (Wildman–Crippen MR) is 144 cm³/mol. The second-order valence-electron chi connectivity index (χ2n) is 9.09. The minimum Gasteiger partial charge on any atom is -0.469 e. The molecule has 2 aromatic rings. The molecule has 3 rings (SSSR count). The molecule has 0 saturated heterocycles. The van der Waals surface area contributed by atoms with E-state index in [1.807, 2.05) is 18.2 Å². The average molecular weight is 549 g/mol. The lowest BCUT2D eigenvalue weighted by Gasteiger charge is -2.21. The first-order chi connectivity index (χ1) is 17.7. The molecule has 1 aliphatic rings. The second-order valence-corrected chi connectivity index (χ2v) is 10.8. The Labute approximate surface area is 226 Å². The molecule has 0 bridgehead atoms. The minimum atomic E-state index is -0.948. The molecule has 0 saturated carbocycles. The van der Waals surface area contributed by atoms with Crippen molar-refractivity contribution in [3.63, 3.8) is 0 Å². The van der Waals surface area contributed by atoms with Crippen molar-refractivity contribution in [3.05, 3.63) is 50.7 Å². The van der Waals surface area contributed by atoms with Crippen LogP contribution in [0.2, 0.25) is 4.34 Å². The first kappa shape index (κ1) is 28.6. The van der Waals surface area contributed by atoms with Gasteiger partial charge in [-0.25, -0.2) is 0 Å². The van der Waals surface area contributed by atoms with Gasteiger partial charge in [0, 0.05) is 38.8 Å². The van der Waals surface area contributed by atoms with Crippen LogP contribution in [0.4, 0.5) is 5.69 Å². The van der Waals surface area contributed by atoms with Gasteiger partial charge in [-0.1, -0.05) is 17.7 Å². The highest BCUT2D eigenvalue weighted by Crippen LogP contribution is 2.23. The molecule has 0 fully saturated rings. The topological polar surface area (TPSA) is 108 Å². The van der Waals surface area contributed by atoms with Crippen LogP contribution in [0, 0.1) is 0 Å². The Balaban J connectivity index is 1.68. The minimum absolute atomic E-state index is 0.0117. The van der Waals surface area contributed by atoms with Crippen LogP contribution in [-0.4, -0.2) is 80.4 Å². The van der Waals surface area contributed by atoms with Crippen LogP contribution in [0.25, 0.3) is 0 Å². The molecule has 1 atom stereocenters. The number of hydrogen-bond donors (Lipinski definition) is 2. The molecule has 0 aliphatic carbocycles. The van der Waals surface area contributed by atoms with Crippen LogP contribution in [0.5, 0.6) is 0 Å². The Morgan fingerprint density at radius 1 is 1.11 bits per heavy atom. The summed E-state index contributed by atoms with van der Waals surface area (Å²) in [4.78, 5) is 54.1. The summed E-state index contributed by atoms with van der Waals surface area (Å²) in [6, 6.07) is 8.14. The van der Waals surface area contributed by atoms with Crippen molar-refractivity contribution in [1.29, 1.82) is 0 Å². The van der Waals surface area contributed by atoms with Crippen molar-refractivity contribution in [2.45, 2.75) is 38.1 Å². The number of likely N-dealkylation sites (N-methyl/N-ethyl adjacent to an activating group) is 1. The highest BCUT2D eigenvalue weighted by molar-refractivity contribution is 7.18. The molecule has 9 nitrogen and oxygen atoms in total. The molecule has 0 unspecified atom stereocenters. The van der Waals surface area contributed by atoms with Crippen LogP contribution in [-0.2, 0) is 32.0 Å². The lowest BCUT2D eigenvalue weighted by atomic mass is 10.0. The van der Waals surface area contributed by atoms with Crippen molar-refractivity contribution in [2.24, 2.45) is 0 Å². The molecule has 0 radical (unpaired) electrons. The van der Waals surface area contributed by atoms with E-state index < -0.39 is 23.8 Å². The van der Waals surface area contributed by atoms with Crippen molar-refractivity contribution >= 4 is 52.3 Å². The standard InChI is InChI=1S/C26H33ClN4O5S/c1-30-13-10-17-4-5-19(16-18(17)11-14-30)28-25(34)20(29-26(35)21-7-8-22(27)37-21)6-9-23(32)31(2)15-12-24(33)36-3/h4-5,7-8,16,20H,6,9-15H2,1-3H3,(H,28,34)(H,29,35)/t20-/m1/s1. The maximum Gasteiger partial charge on any atom is 0.307 e. The molecular formula is C26H33ClN4O5S. The first-order valence-corrected chi connectivity index (χ1v) is 13.3. The fourth-order valence-electron chi connectivity index (χ4n) is 4.02. The van der Waals surface area contributed by atoms with Crippen molar-refractivity contribution < 1.29 is 23.9 Å². The van der Waals surface area contributed by atoms with E-state index in [9.17, 15) is 19.2 Å². The number of anilines is 1. The van der Waals surface area contributed by atoms with Crippen LogP contribution < -0.4 is 10.6 Å². The zero-order valence-electron chi connectivity index (χ0n) is 21.3. The number of nitrogens with zero attached hydrogens (tertiary/aromatic N) is 2. The van der Waals surface area contributed by atoms with Crippen LogP contribution in [0.1, 0.15) is 40.1 Å². The molecular weight excluding hydrogens is 516 g/mol. The number of halogens is 1. The fraction of sp³-hybridized carbons (Fsp3) is 0.462. The first-order valence-electron chi connectivity index (χ1n) is 12.1. The molecule has 1 aromatic carbocycles. The second kappa shape index (κ2) is 13.6. The maximum absolute atomic E-state index is 13.3. The van der Waals surface area contributed by atoms with Gasteiger partial charge in [-0.2, -0.15) is 0 Å². The number of hydrogen-bond acceptors (Lipinski definition) is 7. The van der Waals surface area contributed by atoms with Gasteiger partial charge in [0.25, 0.3) is 5.91 Å². The number of carbonyl (C=O) groups excluding carboxylic acids is 4. The molecule has 1 aromatic heterocycles. The summed E-state index contributed by atoms with van der Waals surface area (Å²) in [6.07, 6.45) is 2.02. The molecule has 11 heteroatoms. The van der Waals surface area contributed by atoms with E-state index in [0.717, 1.165) is 37.3 Å². The van der Waals surface area contributed by atoms with E-state index in [0.29, 0.717) is 14.9 Å². The molecule has 37 heavy (non-hydrogen) atoms. The average Bonchev–Trinajstić information content (AvgIpc) is 3.24. The normalized spacial score (nSPS) is 14.2. The summed E-state index contributed by atoms with van der Waals surface area (Å²) in [5, 5.41) is 5.66. The van der Waals surface area contributed by atoms with E-state index in [1.165, 1.54) is 23.1 Å². The molecule has 2 heterocycles. The van der Waals surface area contributed by atoms with Crippen LogP contribution in [0.15, 0.2) is 30.3 Å². The summed E-state index contributed by atoms with van der Waals surface area (Å²) >= 11 is 7.07. The van der Waals surface area contributed by atoms with Crippen molar-refractivity contribution in [2.75, 3.05) is 46.2 Å². The maximum atomic E-state index is 13.3. The van der Waals surface area contributed by atoms with Crippen LogP contribution in [0.3, 0.4) is 0 Å². The lowest BCUT2D eigenvalue weighted by Crippen LogP contribution is -2.44. The summed E-state index contributed by atoms with van der Waals surface area (Å²) < 4.78 is 5.08. The summed E-state index contributed by atoms with van der Waals surface area (Å²) in [6.45, 7) is 2.13. The van der Waals surface area contributed by atoms with E-state index in [-0.39, 0.29) is 31.7 Å². The van der Waals surface area contributed by atoms with Gasteiger partial charge in [0.2, 0.25) is 11.8 Å². The number of ether oxygens (including phenoxy) is 1. The highest BCUT2D eigenvalue weighted by Gasteiger charge is 2.25. The van der Waals surface area contributed by atoms with Gasteiger partial charge >= 0.3 is 5.97 Å². The van der Waals surface area contributed by atoms with Crippen LogP contribution >= 0.6 is 22.9 Å². The van der Waals surface area contributed by atoms with Gasteiger partial charge in [0.1, 0.15) is 6.04 Å². The Hall–Kier alpha value is -2.95. The molecule has 0 spiro atoms. The third-order valence-electron chi connectivity index (χ3n) is 6.37. The lowest BCUT2D eigenvalue weighted by molar-refractivity contribution is -0.141. The quantitative estimate of drug-likeness (QED) is 0.442. The Bertz CT molecular complexity index is 1140. The van der Waals surface area contributed by atoms with E-state index >= 15 is 0 Å². The number of thiophene rings is 1. The van der Waals surface area contributed by atoms with Gasteiger partial charge < -0.3 is 25.2 Å². The van der Waals surface area contributed by atoms with Crippen molar-refractivity contribution in [1.82, 2.24) is 15.1 Å². The highest BCUT2D eigenvalue weighted by atomic mass is 35.5. The SMILES string of the molecule is COC(=O)CCN(C)C(=O)CC[C@@H](NC(=O)c1ccc(Cl)s1)C(=O)Nc1ccc2c(c1)CCN(C)CC2. The number of benzene rings is 1. The fourth-order valence-corrected chi connectivity index (χ4v) is 4.97. The predicted octanol–water partition coefficient (Wildman–Crippen LogP) is 2.97. The van der Waals surface area contributed by atoms with Gasteiger partial charge in [0.05, 0.1) is 22.7 Å². The number of fused-ring (bicyclic) bond motifs is 1. The summed E-state index contributed by atoms with van der Waals surface area (Å²) in [7, 11) is 4.97. The Morgan fingerprint density at radius 2 is 1.84 bits per heavy atom. The third kappa shape index (κ3) is 8.55. The van der Waals surface area contributed by atoms with Gasteiger partial charge in [-0.05, 0) is 61.7 Å². The number of amides is 3. The number of carbonyl (C=O) groups is 4. The Kier molecular flexibility index (Phi) is 10.5. The summed E-state index contributed by atoms with van der Waals surface area (Å²) in [5.74, 6) is -1.50. The number of esters is 1. The Morgan fingerprint density at radius 3 is 2.51 bits per heavy atom. The molecule has 1 aliphatic heterocycles. The third-order valence-corrected chi connectivity index (χ3v) is 7.60.